The molecule has 0 saturated carbocycles. The third kappa shape index (κ3) is 3.85. The molecule has 7 heteroatoms. The first-order valence-corrected chi connectivity index (χ1v) is 8.52. The lowest BCUT2D eigenvalue weighted by atomic mass is 10.2. The maximum absolute atomic E-state index is 6.10. The molecule has 1 unspecified atom stereocenters. The van der Waals surface area contributed by atoms with Gasteiger partial charge < -0.3 is 20.3 Å². The fourth-order valence-electron chi connectivity index (χ4n) is 2.79. The van der Waals surface area contributed by atoms with Gasteiger partial charge in [-0.25, -0.2) is 4.98 Å². The second kappa shape index (κ2) is 7.09. The Morgan fingerprint density at radius 2 is 2.29 bits per heavy atom. The van der Waals surface area contributed by atoms with Crippen LogP contribution >= 0.6 is 11.3 Å². The van der Waals surface area contributed by atoms with Crippen molar-refractivity contribution in [1.82, 2.24) is 9.88 Å². The van der Waals surface area contributed by atoms with Crippen LogP contribution in [-0.4, -0.2) is 61.3 Å². The highest BCUT2D eigenvalue weighted by atomic mass is 32.1. The minimum absolute atomic E-state index is 0.392. The van der Waals surface area contributed by atoms with E-state index < -0.39 is 0 Å². The Balaban J connectivity index is 1.42. The Hall–Kier alpha value is -1.34. The molecular weight excluding hydrogens is 286 g/mol. The molecule has 0 radical (unpaired) electrons. The highest BCUT2D eigenvalue weighted by molar-refractivity contribution is 7.13. The molecule has 116 valence electrons. The summed E-state index contributed by atoms with van der Waals surface area (Å²) in [4.78, 5) is 13.3. The SMILES string of the molecule is NC(=NCCC1CCCO1)N1CCN(c2nccs2)CC1. The quantitative estimate of drug-likeness (QED) is 0.667. The second-order valence-electron chi connectivity index (χ2n) is 5.45. The number of ether oxygens (including phenoxy) is 1. The predicted octanol–water partition coefficient (Wildman–Crippen LogP) is 1.15. The van der Waals surface area contributed by atoms with Gasteiger partial charge >= 0.3 is 0 Å². The smallest absolute Gasteiger partial charge is 0.191 e. The summed E-state index contributed by atoms with van der Waals surface area (Å²) in [5, 5.41) is 3.12. The van der Waals surface area contributed by atoms with E-state index in [2.05, 4.69) is 19.8 Å². The van der Waals surface area contributed by atoms with Crippen LogP contribution in [0.2, 0.25) is 0 Å². The van der Waals surface area contributed by atoms with Crippen LogP contribution in [0.5, 0.6) is 0 Å². The Kier molecular flexibility index (Phi) is 4.92. The third-order valence-electron chi connectivity index (χ3n) is 4.04. The van der Waals surface area contributed by atoms with Gasteiger partial charge in [0.25, 0.3) is 0 Å². The van der Waals surface area contributed by atoms with Gasteiger partial charge in [-0.1, -0.05) is 0 Å². The van der Waals surface area contributed by atoms with Gasteiger partial charge in [-0.2, -0.15) is 0 Å². The van der Waals surface area contributed by atoms with E-state index in [4.69, 9.17) is 10.5 Å². The van der Waals surface area contributed by atoms with E-state index in [0.29, 0.717) is 12.1 Å². The van der Waals surface area contributed by atoms with Crippen LogP contribution in [0.25, 0.3) is 0 Å². The van der Waals surface area contributed by atoms with Gasteiger partial charge in [0, 0.05) is 50.9 Å². The second-order valence-corrected chi connectivity index (χ2v) is 6.33. The highest BCUT2D eigenvalue weighted by Crippen LogP contribution is 2.19. The van der Waals surface area contributed by atoms with Gasteiger partial charge in [-0.15, -0.1) is 11.3 Å². The lowest BCUT2D eigenvalue weighted by Gasteiger charge is -2.35. The topological polar surface area (TPSA) is 67.0 Å². The fraction of sp³-hybridized carbons (Fsp3) is 0.714. The van der Waals surface area contributed by atoms with Crippen LogP contribution < -0.4 is 10.6 Å². The Labute approximate surface area is 129 Å². The zero-order valence-electron chi connectivity index (χ0n) is 12.3. The number of piperazine rings is 1. The fourth-order valence-corrected chi connectivity index (χ4v) is 3.49. The first-order chi connectivity index (χ1) is 10.3. The lowest BCUT2D eigenvalue weighted by Crippen LogP contribution is -2.51. The van der Waals surface area contributed by atoms with Gasteiger partial charge in [-0.05, 0) is 19.3 Å². The van der Waals surface area contributed by atoms with Crippen molar-refractivity contribution in [1.29, 1.82) is 0 Å². The summed E-state index contributed by atoms with van der Waals surface area (Å²) < 4.78 is 5.60. The van der Waals surface area contributed by atoms with E-state index in [-0.39, 0.29) is 0 Å². The molecule has 21 heavy (non-hydrogen) atoms. The van der Waals surface area contributed by atoms with Gasteiger partial charge in [-0.3, -0.25) is 4.99 Å². The number of nitrogens with two attached hydrogens (primary N) is 1. The molecule has 2 fully saturated rings. The van der Waals surface area contributed by atoms with E-state index in [1.54, 1.807) is 11.3 Å². The molecule has 0 aliphatic carbocycles. The molecule has 0 bridgehead atoms. The minimum atomic E-state index is 0.392. The van der Waals surface area contributed by atoms with Crippen molar-refractivity contribution >= 4 is 22.4 Å². The van der Waals surface area contributed by atoms with Crippen LogP contribution in [0, 0.1) is 0 Å². The molecule has 1 aromatic heterocycles. The maximum Gasteiger partial charge on any atom is 0.191 e. The van der Waals surface area contributed by atoms with E-state index >= 15 is 0 Å². The summed E-state index contributed by atoms with van der Waals surface area (Å²) in [5.74, 6) is 0.673. The Bertz CT molecular complexity index is 450. The largest absolute Gasteiger partial charge is 0.378 e. The van der Waals surface area contributed by atoms with E-state index in [9.17, 15) is 0 Å². The molecule has 0 aromatic carbocycles. The average Bonchev–Trinajstić information content (AvgIpc) is 3.21. The molecule has 2 N–H and O–H groups in total. The number of anilines is 1. The molecule has 2 saturated heterocycles. The van der Waals surface area contributed by atoms with E-state index in [1.165, 1.54) is 12.8 Å². The van der Waals surface area contributed by atoms with Gasteiger partial charge in [0.2, 0.25) is 0 Å². The van der Waals surface area contributed by atoms with Crippen molar-refractivity contribution in [3.8, 4) is 0 Å². The Morgan fingerprint density at radius 1 is 1.43 bits per heavy atom. The van der Waals surface area contributed by atoms with E-state index in [1.807, 2.05) is 11.6 Å². The van der Waals surface area contributed by atoms with Crippen LogP contribution in [0.4, 0.5) is 5.13 Å². The summed E-state index contributed by atoms with van der Waals surface area (Å²) in [5.41, 5.74) is 6.10. The molecule has 3 heterocycles. The number of aromatic nitrogens is 1. The van der Waals surface area contributed by atoms with Crippen molar-refractivity contribution < 1.29 is 4.74 Å². The molecule has 1 atom stereocenters. The Morgan fingerprint density at radius 3 is 2.95 bits per heavy atom. The van der Waals surface area contributed by atoms with Crippen LogP contribution in [-0.2, 0) is 4.74 Å². The summed E-state index contributed by atoms with van der Waals surface area (Å²) >= 11 is 1.69. The number of guanidine groups is 1. The van der Waals surface area contributed by atoms with Crippen molar-refractivity contribution in [2.75, 3.05) is 44.2 Å². The lowest BCUT2D eigenvalue weighted by molar-refractivity contribution is 0.106. The molecular formula is C14H23N5OS. The molecule has 0 amide bonds. The summed E-state index contributed by atoms with van der Waals surface area (Å²) in [7, 11) is 0. The number of hydrogen-bond donors (Lipinski definition) is 1. The monoisotopic (exact) mass is 309 g/mol. The first-order valence-electron chi connectivity index (χ1n) is 7.64. The molecule has 0 spiro atoms. The van der Waals surface area contributed by atoms with Crippen molar-refractivity contribution in [2.45, 2.75) is 25.4 Å². The molecule has 3 rings (SSSR count). The molecule has 2 aliphatic heterocycles. The normalized spacial score (nSPS) is 23.8. The summed E-state index contributed by atoms with van der Waals surface area (Å²) in [6, 6.07) is 0. The zero-order chi connectivity index (χ0) is 14.5. The molecule has 6 nitrogen and oxygen atoms in total. The van der Waals surface area contributed by atoms with Crippen LogP contribution in [0.3, 0.4) is 0 Å². The van der Waals surface area contributed by atoms with Crippen molar-refractivity contribution in [3.05, 3.63) is 11.6 Å². The first kappa shape index (κ1) is 14.6. The van der Waals surface area contributed by atoms with Crippen molar-refractivity contribution in [3.63, 3.8) is 0 Å². The summed E-state index contributed by atoms with van der Waals surface area (Å²) in [6.07, 6.45) is 5.58. The third-order valence-corrected chi connectivity index (χ3v) is 4.87. The average molecular weight is 309 g/mol. The number of thiazole rings is 1. The van der Waals surface area contributed by atoms with Gasteiger partial charge in [0.05, 0.1) is 6.10 Å². The highest BCUT2D eigenvalue weighted by Gasteiger charge is 2.20. The van der Waals surface area contributed by atoms with Crippen molar-refractivity contribution in [2.24, 2.45) is 10.7 Å². The number of aliphatic imine (C=N–C) groups is 1. The predicted molar refractivity (Wildman–Crippen MR) is 86.0 cm³/mol. The minimum Gasteiger partial charge on any atom is -0.378 e. The molecule has 2 aliphatic rings. The zero-order valence-corrected chi connectivity index (χ0v) is 13.1. The van der Waals surface area contributed by atoms with E-state index in [0.717, 1.165) is 50.9 Å². The summed E-state index contributed by atoms with van der Waals surface area (Å²) in [6.45, 7) is 5.40. The standard InChI is InChI=1S/C14H23N5OS/c15-13(16-4-3-12-2-1-10-20-12)18-6-8-19(9-7-18)14-17-5-11-21-14/h5,11-12H,1-4,6-10H2,(H2,15,16). The number of nitrogens with zero attached hydrogens (tertiary/aromatic N) is 4. The number of rotatable bonds is 4. The van der Waals surface area contributed by atoms with Crippen LogP contribution in [0.15, 0.2) is 16.6 Å². The number of hydrogen-bond acceptors (Lipinski definition) is 5. The molecule has 1 aromatic rings. The van der Waals surface area contributed by atoms with Crippen LogP contribution in [0.1, 0.15) is 19.3 Å². The van der Waals surface area contributed by atoms with Gasteiger partial charge in [0.1, 0.15) is 0 Å². The maximum atomic E-state index is 6.10. The van der Waals surface area contributed by atoms with Gasteiger partial charge in [0.15, 0.2) is 11.1 Å².